The second-order valence-electron chi connectivity index (χ2n) is 7.28. The Bertz CT molecular complexity index is 743. The zero-order valence-electron chi connectivity index (χ0n) is 14.8. The molecule has 0 spiro atoms. The quantitative estimate of drug-likeness (QED) is 0.923. The Labute approximate surface area is 148 Å². The molecule has 1 N–H and O–H groups in total. The van der Waals surface area contributed by atoms with Crippen molar-refractivity contribution in [2.24, 2.45) is 0 Å². The Morgan fingerprint density at radius 3 is 2.88 bits per heavy atom. The molecule has 0 saturated carbocycles. The number of aryl methyl sites for hydroxylation is 1. The first-order valence-corrected chi connectivity index (χ1v) is 9.27. The fourth-order valence-electron chi connectivity index (χ4n) is 3.81. The van der Waals surface area contributed by atoms with Crippen molar-refractivity contribution in [2.75, 3.05) is 26.2 Å². The van der Waals surface area contributed by atoms with Crippen LogP contribution in [-0.4, -0.2) is 58.6 Å². The molecule has 0 aliphatic carbocycles. The van der Waals surface area contributed by atoms with Crippen LogP contribution in [0.1, 0.15) is 41.7 Å². The van der Waals surface area contributed by atoms with E-state index in [1.807, 2.05) is 35.9 Å². The number of fused-ring (bicyclic) bond motifs is 1. The summed E-state index contributed by atoms with van der Waals surface area (Å²) in [6, 6.07) is 4.18. The predicted octanol–water partition coefficient (Wildman–Crippen LogP) is 2.02. The molecule has 1 atom stereocenters. The lowest BCUT2D eigenvalue weighted by Gasteiger charge is -2.33. The standard InChI is InChI=1S/C19H26N4O2/c1-14-4-5-18-21-17(13-23(18)11-14)19(24)20-15-6-8-22(9-7-15)12-16-3-2-10-25-16/h4-5,11,13,15-16H,2-3,6-10,12H2,1H3,(H,20,24). The highest BCUT2D eigenvalue weighted by molar-refractivity contribution is 5.93. The highest BCUT2D eigenvalue weighted by atomic mass is 16.5. The van der Waals surface area contributed by atoms with E-state index in [1.54, 1.807) is 0 Å². The Hall–Kier alpha value is -1.92. The number of carbonyl (C=O) groups is 1. The monoisotopic (exact) mass is 342 g/mol. The summed E-state index contributed by atoms with van der Waals surface area (Å²) in [6.07, 6.45) is 8.57. The molecule has 2 aliphatic heterocycles. The summed E-state index contributed by atoms with van der Waals surface area (Å²) >= 11 is 0. The fraction of sp³-hybridized carbons (Fsp3) is 0.579. The van der Waals surface area contributed by atoms with Gasteiger partial charge in [-0.05, 0) is 44.2 Å². The summed E-state index contributed by atoms with van der Waals surface area (Å²) in [5, 5.41) is 3.15. The molecule has 2 fully saturated rings. The van der Waals surface area contributed by atoms with Crippen molar-refractivity contribution in [1.82, 2.24) is 19.6 Å². The molecule has 2 aromatic rings. The van der Waals surface area contributed by atoms with E-state index < -0.39 is 0 Å². The van der Waals surface area contributed by atoms with Crippen LogP contribution < -0.4 is 5.32 Å². The first-order valence-electron chi connectivity index (χ1n) is 9.27. The second-order valence-corrected chi connectivity index (χ2v) is 7.28. The van der Waals surface area contributed by atoms with Crippen LogP contribution in [0.3, 0.4) is 0 Å². The highest BCUT2D eigenvalue weighted by Crippen LogP contribution is 2.17. The van der Waals surface area contributed by atoms with Crippen molar-refractivity contribution >= 4 is 11.6 Å². The smallest absolute Gasteiger partial charge is 0.271 e. The normalized spacial score (nSPS) is 22.5. The number of likely N-dealkylation sites (tertiary alicyclic amines) is 1. The van der Waals surface area contributed by atoms with E-state index in [1.165, 1.54) is 12.8 Å². The van der Waals surface area contributed by atoms with Crippen molar-refractivity contribution in [1.29, 1.82) is 0 Å². The van der Waals surface area contributed by atoms with E-state index in [-0.39, 0.29) is 11.9 Å². The number of pyridine rings is 1. The van der Waals surface area contributed by atoms with Crippen LogP contribution in [0.15, 0.2) is 24.5 Å². The van der Waals surface area contributed by atoms with E-state index in [4.69, 9.17) is 4.74 Å². The molecule has 25 heavy (non-hydrogen) atoms. The number of amides is 1. The highest BCUT2D eigenvalue weighted by Gasteiger charge is 2.25. The van der Waals surface area contributed by atoms with Gasteiger partial charge in [-0.15, -0.1) is 0 Å². The van der Waals surface area contributed by atoms with Gasteiger partial charge in [-0.1, -0.05) is 6.07 Å². The van der Waals surface area contributed by atoms with Gasteiger partial charge in [-0.25, -0.2) is 4.98 Å². The number of nitrogens with zero attached hydrogens (tertiary/aromatic N) is 3. The van der Waals surface area contributed by atoms with E-state index in [0.717, 1.165) is 50.3 Å². The second kappa shape index (κ2) is 7.14. The van der Waals surface area contributed by atoms with E-state index in [0.29, 0.717) is 11.8 Å². The third-order valence-corrected chi connectivity index (χ3v) is 5.24. The van der Waals surface area contributed by atoms with Crippen molar-refractivity contribution in [3.8, 4) is 0 Å². The number of aromatic nitrogens is 2. The molecule has 4 rings (SSSR count). The minimum Gasteiger partial charge on any atom is -0.377 e. The first kappa shape index (κ1) is 16.5. The van der Waals surface area contributed by atoms with Crippen molar-refractivity contribution in [2.45, 2.75) is 44.8 Å². The van der Waals surface area contributed by atoms with Gasteiger partial charge in [0.15, 0.2) is 0 Å². The summed E-state index contributed by atoms with van der Waals surface area (Å²) in [6.45, 7) is 6.02. The Balaban J connectivity index is 1.30. The maximum absolute atomic E-state index is 12.5. The SMILES string of the molecule is Cc1ccc2nc(C(=O)NC3CCN(CC4CCCO4)CC3)cn2c1. The van der Waals surface area contributed by atoms with Gasteiger partial charge in [0.1, 0.15) is 11.3 Å². The van der Waals surface area contributed by atoms with E-state index in [9.17, 15) is 4.79 Å². The summed E-state index contributed by atoms with van der Waals surface area (Å²) in [4.78, 5) is 19.4. The van der Waals surface area contributed by atoms with Crippen LogP contribution in [0, 0.1) is 6.92 Å². The maximum Gasteiger partial charge on any atom is 0.271 e. The van der Waals surface area contributed by atoms with Crippen LogP contribution in [-0.2, 0) is 4.74 Å². The molecule has 6 heteroatoms. The van der Waals surface area contributed by atoms with E-state index >= 15 is 0 Å². The summed E-state index contributed by atoms with van der Waals surface area (Å²) in [5.74, 6) is -0.0704. The molecule has 1 unspecified atom stereocenters. The molecular formula is C19H26N4O2. The lowest BCUT2D eigenvalue weighted by molar-refractivity contribution is 0.0612. The molecule has 4 heterocycles. The average Bonchev–Trinajstić information content (AvgIpc) is 3.25. The van der Waals surface area contributed by atoms with Crippen LogP contribution in [0.25, 0.3) is 5.65 Å². The zero-order chi connectivity index (χ0) is 17.2. The van der Waals surface area contributed by atoms with Gasteiger partial charge in [-0.2, -0.15) is 0 Å². The lowest BCUT2D eigenvalue weighted by Crippen LogP contribution is -2.46. The third-order valence-electron chi connectivity index (χ3n) is 5.24. The molecule has 2 aliphatic rings. The topological polar surface area (TPSA) is 58.9 Å². The molecule has 0 radical (unpaired) electrons. The molecule has 0 bridgehead atoms. The van der Waals surface area contributed by atoms with Crippen molar-refractivity contribution in [3.63, 3.8) is 0 Å². The van der Waals surface area contributed by atoms with Gasteiger partial charge in [0.25, 0.3) is 5.91 Å². The van der Waals surface area contributed by atoms with Crippen molar-refractivity contribution in [3.05, 3.63) is 35.8 Å². The number of imidazole rings is 1. The molecule has 6 nitrogen and oxygen atoms in total. The fourth-order valence-corrected chi connectivity index (χ4v) is 3.81. The van der Waals surface area contributed by atoms with Gasteiger partial charge in [0, 0.05) is 44.7 Å². The third kappa shape index (κ3) is 3.85. The minimum absolute atomic E-state index is 0.0704. The van der Waals surface area contributed by atoms with Crippen LogP contribution >= 0.6 is 0 Å². The number of piperidine rings is 1. The van der Waals surface area contributed by atoms with Crippen molar-refractivity contribution < 1.29 is 9.53 Å². The van der Waals surface area contributed by atoms with Crippen LogP contribution in [0.4, 0.5) is 0 Å². The van der Waals surface area contributed by atoms with Gasteiger partial charge in [-0.3, -0.25) is 4.79 Å². The summed E-state index contributed by atoms with van der Waals surface area (Å²) < 4.78 is 7.63. The first-order chi connectivity index (χ1) is 12.2. The minimum atomic E-state index is -0.0704. The zero-order valence-corrected chi connectivity index (χ0v) is 14.8. The predicted molar refractivity (Wildman–Crippen MR) is 95.8 cm³/mol. The lowest BCUT2D eigenvalue weighted by atomic mass is 10.0. The largest absolute Gasteiger partial charge is 0.377 e. The van der Waals surface area contributed by atoms with Gasteiger partial charge < -0.3 is 19.4 Å². The number of hydrogen-bond donors (Lipinski definition) is 1. The van der Waals surface area contributed by atoms with Gasteiger partial charge in [0.05, 0.1) is 6.10 Å². The Morgan fingerprint density at radius 1 is 1.28 bits per heavy atom. The van der Waals surface area contributed by atoms with Gasteiger partial charge >= 0.3 is 0 Å². The molecule has 134 valence electrons. The maximum atomic E-state index is 12.5. The number of ether oxygens (including phenoxy) is 1. The summed E-state index contributed by atoms with van der Waals surface area (Å²) in [5.41, 5.74) is 2.45. The summed E-state index contributed by atoms with van der Waals surface area (Å²) in [7, 11) is 0. The number of hydrogen-bond acceptors (Lipinski definition) is 4. The molecular weight excluding hydrogens is 316 g/mol. The number of rotatable bonds is 4. The number of nitrogens with one attached hydrogen (secondary N) is 1. The Kier molecular flexibility index (Phi) is 4.72. The van der Waals surface area contributed by atoms with E-state index in [2.05, 4.69) is 15.2 Å². The molecule has 1 amide bonds. The molecule has 2 aromatic heterocycles. The average molecular weight is 342 g/mol. The molecule has 0 aromatic carbocycles. The van der Waals surface area contributed by atoms with Crippen LogP contribution in [0.5, 0.6) is 0 Å². The number of carbonyl (C=O) groups excluding carboxylic acids is 1. The molecule has 2 saturated heterocycles. The van der Waals surface area contributed by atoms with Gasteiger partial charge in [0.2, 0.25) is 0 Å². The Morgan fingerprint density at radius 2 is 2.12 bits per heavy atom. The van der Waals surface area contributed by atoms with Crippen LogP contribution in [0.2, 0.25) is 0 Å².